The van der Waals surface area contributed by atoms with Gasteiger partial charge in [0.25, 0.3) is 0 Å². The summed E-state index contributed by atoms with van der Waals surface area (Å²) in [6, 6.07) is 5.32. The Kier molecular flexibility index (Phi) is 4.32. The van der Waals surface area contributed by atoms with E-state index in [4.69, 9.17) is 9.47 Å². The lowest BCUT2D eigenvalue weighted by Crippen LogP contribution is -2.03. The molecule has 1 aromatic heterocycles. The number of aliphatic hydroxyl groups is 1. The van der Waals surface area contributed by atoms with E-state index in [1.807, 2.05) is 6.07 Å². The van der Waals surface area contributed by atoms with Gasteiger partial charge in [-0.25, -0.2) is 0 Å². The van der Waals surface area contributed by atoms with Gasteiger partial charge in [0, 0.05) is 29.1 Å². The molecule has 0 unspecified atom stereocenters. The molecule has 1 N–H and O–H groups in total. The van der Waals surface area contributed by atoms with Crippen LogP contribution in [-0.2, 0) is 6.61 Å². The Labute approximate surface area is 116 Å². The van der Waals surface area contributed by atoms with Crippen molar-refractivity contribution in [2.24, 2.45) is 0 Å². The number of hydrogen-bond acceptors (Lipinski definition) is 5. The maximum Gasteiger partial charge on any atom is 0.166 e. The van der Waals surface area contributed by atoms with Crippen LogP contribution in [0.15, 0.2) is 30.6 Å². The Hall–Kier alpha value is -2.40. The SMILES string of the molecule is COc1cc(-c2cccnc2)c(C=O)c(CO)c1OC. The monoisotopic (exact) mass is 273 g/mol. The predicted octanol–water partition coefficient (Wildman–Crippen LogP) is 2.07. The average molecular weight is 273 g/mol. The summed E-state index contributed by atoms with van der Waals surface area (Å²) in [7, 11) is 2.97. The van der Waals surface area contributed by atoms with E-state index in [1.54, 1.807) is 24.5 Å². The highest BCUT2D eigenvalue weighted by Crippen LogP contribution is 2.39. The number of methoxy groups -OCH3 is 2. The zero-order chi connectivity index (χ0) is 14.5. The minimum atomic E-state index is -0.318. The molecule has 0 aliphatic carbocycles. The molecule has 0 radical (unpaired) electrons. The molecule has 0 bridgehead atoms. The molecule has 0 atom stereocenters. The number of aliphatic hydroxyl groups excluding tert-OH is 1. The summed E-state index contributed by atoms with van der Waals surface area (Å²) in [5.74, 6) is 0.825. The van der Waals surface area contributed by atoms with E-state index in [0.717, 1.165) is 5.56 Å². The second-order valence-electron chi connectivity index (χ2n) is 4.07. The highest BCUT2D eigenvalue weighted by atomic mass is 16.5. The fourth-order valence-corrected chi connectivity index (χ4v) is 2.14. The van der Waals surface area contributed by atoms with Crippen LogP contribution in [0.2, 0.25) is 0 Å². The molecule has 0 fully saturated rings. The second-order valence-corrected chi connectivity index (χ2v) is 4.07. The van der Waals surface area contributed by atoms with Gasteiger partial charge in [0.05, 0.1) is 20.8 Å². The molecule has 0 amide bonds. The maximum atomic E-state index is 11.4. The molecule has 1 aromatic carbocycles. The van der Waals surface area contributed by atoms with Crippen LogP contribution >= 0.6 is 0 Å². The lowest BCUT2D eigenvalue weighted by Gasteiger charge is -2.17. The standard InChI is InChI=1S/C15H15NO4/c1-19-14-6-11(10-4-3-5-16-7-10)12(8-17)13(9-18)15(14)20-2/h3-8,18H,9H2,1-2H3. The van der Waals surface area contributed by atoms with E-state index >= 15 is 0 Å². The van der Waals surface area contributed by atoms with Crippen LogP contribution < -0.4 is 9.47 Å². The van der Waals surface area contributed by atoms with Crippen molar-refractivity contribution in [1.29, 1.82) is 0 Å². The summed E-state index contributed by atoms with van der Waals surface area (Å²) in [6.07, 6.45) is 4.00. The fraction of sp³-hybridized carbons (Fsp3) is 0.200. The lowest BCUT2D eigenvalue weighted by atomic mass is 9.96. The maximum absolute atomic E-state index is 11.4. The number of carbonyl (C=O) groups excluding carboxylic acids is 1. The molecule has 0 saturated carbocycles. The van der Waals surface area contributed by atoms with Gasteiger partial charge in [-0.2, -0.15) is 0 Å². The molecule has 0 aliphatic heterocycles. The van der Waals surface area contributed by atoms with Crippen molar-refractivity contribution in [3.05, 3.63) is 41.7 Å². The first-order valence-corrected chi connectivity index (χ1v) is 6.01. The largest absolute Gasteiger partial charge is 0.493 e. The molecule has 5 nitrogen and oxygen atoms in total. The van der Waals surface area contributed by atoms with Crippen molar-refractivity contribution < 1.29 is 19.4 Å². The molecule has 2 rings (SSSR count). The molecule has 104 valence electrons. The van der Waals surface area contributed by atoms with E-state index in [0.29, 0.717) is 34.5 Å². The fourth-order valence-electron chi connectivity index (χ4n) is 2.14. The van der Waals surface area contributed by atoms with Gasteiger partial charge in [0.2, 0.25) is 0 Å². The van der Waals surface area contributed by atoms with Crippen LogP contribution in [0, 0.1) is 0 Å². The number of rotatable bonds is 5. The number of aldehydes is 1. The third-order valence-corrected chi connectivity index (χ3v) is 3.06. The highest BCUT2D eigenvalue weighted by molar-refractivity contribution is 5.91. The van der Waals surface area contributed by atoms with Crippen LogP contribution in [0.4, 0.5) is 0 Å². The highest BCUT2D eigenvalue weighted by Gasteiger charge is 2.19. The van der Waals surface area contributed by atoms with Crippen LogP contribution in [-0.4, -0.2) is 30.6 Å². The summed E-state index contributed by atoms with van der Waals surface area (Å²) >= 11 is 0. The van der Waals surface area contributed by atoms with Gasteiger partial charge in [-0.3, -0.25) is 9.78 Å². The topological polar surface area (TPSA) is 68.7 Å². The Balaban J connectivity index is 2.77. The lowest BCUT2D eigenvalue weighted by molar-refractivity contribution is 0.112. The minimum Gasteiger partial charge on any atom is -0.493 e. The zero-order valence-corrected chi connectivity index (χ0v) is 11.3. The van der Waals surface area contributed by atoms with Gasteiger partial charge >= 0.3 is 0 Å². The van der Waals surface area contributed by atoms with E-state index in [1.165, 1.54) is 14.2 Å². The first-order chi connectivity index (χ1) is 9.76. The van der Waals surface area contributed by atoms with Crippen LogP contribution in [0.3, 0.4) is 0 Å². The van der Waals surface area contributed by atoms with Gasteiger partial charge in [0.15, 0.2) is 17.8 Å². The molecule has 0 spiro atoms. The van der Waals surface area contributed by atoms with E-state index in [2.05, 4.69) is 4.98 Å². The van der Waals surface area contributed by atoms with Gasteiger partial charge < -0.3 is 14.6 Å². The molecule has 5 heteroatoms. The minimum absolute atomic E-state index is 0.318. The number of carbonyl (C=O) groups is 1. The molecule has 20 heavy (non-hydrogen) atoms. The molecular formula is C15H15NO4. The summed E-state index contributed by atoms with van der Waals surface area (Å²) in [6.45, 7) is -0.318. The van der Waals surface area contributed by atoms with Crippen molar-refractivity contribution in [3.63, 3.8) is 0 Å². The number of hydrogen-bond donors (Lipinski definition) is 1. The molecule has 0 aliphatic rings. The number of benzene rings is 1. The Morgan fingerprint density at radius 2 is 2.15 bits per heavy atom. The predicted molar refractivity (Wildman–Crippen MR) is 74.1 cm³/mol. The van der Waals surface area contributed by atoms with E-state index in [9.17, 15) is 9.90 Å². The summed E-state index contributed by atoms with van der Waals surface area (Å²) in [4.78, 5) is 15.5. The molecule has 1 heterocycles. The van der Waals surface area contributed by atoms with Crippen molar-refractivity contribution in [1.82, 2.24) is 4.98 Å². The summed E-state index contributed by atoms with van der Waals surface area (Å²) in [5, 5.41) is 9.54. The van der Waals surface area contributed by atoms with Gasteiger partial charge in [-0.1, -0.05) is 6.07 Å². The Morgan fingerprint density at radius 3 is 2.65 bits per heavy atom. The van der Waals surface area contributed by atoms with Crippen molar-refractivity contribution in [2.45, 2.75) is 6.61 Å². The quantitative estimate of drug-likeness (QED) is 0.845. The normalized spacial score (nSPS) is 10.2. The molecular weight excluding hydrogens is 258 g/mol. The number of pyridine rings is 1. The third kappa shape index (κ3) is 2.35. The van der Waals surface area contributed by atoms with E-state index < -0.39 is 0 Å². The third-order valence-electron chi connectivity index (χ3n) is 3.06. The van der Waals surface area contributed by atoms with Crippen molar-refractivity contribution >= 4 is 6.29 Å². The summed E-state index contributed by atoms with van der Waals surface area (Å²) in [5.41, 5.74) is 2.19. The number of nitrogens with zero attached hydrogens (tertiary/aromatic N) is 1. The second kappa shape index (κ2) is 6.16. The average Bonchev–Trinajstić information content (AvgIpc) is 2.53. The zero-order valence-electron chi connectivity index (χ0n) is 11.3. The van der Waals surface area contributed by atoms with Gasteiger partial charge in [-0.05, 0) is 17.7 Å². The van der Waals surface area contributed by atoms with Gasteiger partial charge in [-0.15, -0.1) is 0 Å². The first kappa shape index (κ1) is 14.0. The summed E-state index contributed by atoms with van der Waals surface area (Å²) < 4.78 is 10.5. The van der Waals surface area contributed by atoms with E-state index in [-0.39, 0.29) is 6.61 Å². The molecule has 2 aromatic rings. The molecule has 0 saturated heterocycles. The van der Waals surface area contributed by atoms with Crippen molar-refractivity contribution in [2.75, 3.05) is 14.2 Å². The number of aromatic nitrogens is 1. The Morgan fingerprint density at radius 1 is 1.35 bits per heavy atom. The Bertz CT molecular complexity index is 611. The van der Waals surface area contributed by atoms with Crippen molar-refractivity contribution in [3.8, 4) is 22.6 Å². The van der Waals surface area contributed by atoms with Crippen LogP contribution in [0.5, 0.6) is 11.5 Å². The number of ether oxygens (including phenoxy) is 2. The first-order valence-electron chi connectivity index (χ1n) is 6.01. The smallest absolute Gasteiger partial charge is 0.166 e. The van der Waals surface area contributed by atoms with Crippen LogP contribution in [0.1, 0.15) is 15.9 Å². The van der Waals surface area contributed by atoms with Crippen LogP contribution in [0.25, 0.3) is 11.1 Å². The van der Waals surface area contributed by atoms with Gasteiger partial charge in [0.1, 0.15) is 0 Å².